The van der Waals surface area contributed by atoms with E-state index in [4.69, 9.17) is 10.5 Å². The zero-order valence-electron chi connectivity index (χ0n) is 11.1. The lowest BCUT2D eigenvalue weighted by Gasteiger charge is -2.43. The van der Waals surface area contributed by atoms with Crippen molar-refractivity contribution in [2.45, 2.75) is 30.6 Å². The Morgan fingerprint density at radius 2 is 2.39 bits per heavy atom. The molecule has 0 amide bonds. The molecule has 1 aliphatic heterocycles. The van der Waals surface area contributed by atoms with Gasteiger partial charge in [-0.25, -0.2) is 0 Å². The van der Waals surface area contributed by atoms with E-state index >= 15 is 0 Å². The van der Waals surface area contributed by atoms with Crippen molar-refractivity contribution in [3.8, 4) is 5.75 Å². The van der Waals surface area contributed by atoms with Crippen molar-refractivity contribution in [2.75, 3.05) is 24.7 Å². The molecule has 2 rings (SSSR count). The quantitative estimate of drug-likeness (QED) is 0.879. The van der Waals surface area contributed by atoms with Gasteiger partial charge in [0.25, 0.3) is 0 Å². The summed E-state index contributed by atoms with van der Waals surface area (Å²) in [6, 6.07) is 8.07. The molecule has 2 unspecified atom stereocenters. The van der Waals surface area contributed by atoms with Crippen molar-refractivity contribution in [1.82, 2.24) is 0 Å². The van der Waals surface area contributed by atoms with Gasteiger partial charge < -0.3 is 15.8 Å². The first kappa shape index (κ1) is 13.6. The van der Waals surface area contributed by atoms with Gasteiger partial charge in [0.05, 0.1) is 12.6 Å². The fraction of sp³-hybridized carbons (Fsp3) is 0.571. The molecule has 0 bridgehead atoms. The largest absolute Gasteiger partial charge is 0.497 e. The molecule has 1 aromatic carbocycles. The van der Waals surface area contributed by atoms with Crippen LogP contribution in [0.3, 0.4) is 0 Å². The topological polar surface area (TPSA) is 47.3 Å². The zero-order chi connectivity index (χ0) is 13.0. The van der Waals surface area contributed by atoms with Crippen molar-refractivity contribution >= 4 is 17.4 Å². The Kier molecular flexibility index (Phi) is 4.40. The van der Waals surface area contributed by atoms with E-state index in [9.17, 15) is 0 Å². The number of hydrogen-bond donors (Lipinski definition) is 2. The standard InChI is InChI=1S/C14H22N2OS/c1-11-14(10-15,7-4-8-18-11)16-12-5-3-6-13(9-12)17-2/h3,5-6,9,11,16H,4,7-8,10,15H2,1-2H3. The SMILES string of the molecule is COc1cccc(NC2(CN)CCCSC2C)c1. The van der Waals surface area contributed by atoms with Crippen LogP contribution in [-0.4, -0.2) is 30.2 Å². The summed E-state index contributed by atoms with van der Waals surface area (Å²) in [5.41, 5.74) is 7.14. The number of nitrogens with two attached hydrogens (primary N) is 1. The highest BCUT2D eigenvalue weighted by Crippen LogP contribution is 2.36. The predicted octanol–water partition coefficient (Wildman–Crippen LogP) is 2.72. The van der Waals surface area contributed by atoms with Gasteiger partial charge in [-0.3, -0.25) is 0 Å². The smallest absolute Gasteiger partial charge is 0.120 e. The van der Waals surface area contributed by atoms with Gasteiger partial charge in [-0.15, -0.1) is 0 Å². The molecular weight excluding hydrogens is 244 g/mol. The minimum atomic E-state index is 0.00921. The third-order valence-electron chi connectivity index (χ3n) is 3.74. The third kappa shape index (κ3) is 2.75. The highest BCUT2D eigenvalue weighted by molar-refractivity contribution is 8.00. The number of anilines is 1. The fourth-order valence-electron chi connectivity index (χ4n) is 2.48. The second kappa shape index (κ2) is 5.85. The molecule has 3 nitrogen and oxygen atoms in total. The van der Waals surface area contributed by atoms with Gasteiger partial charge in [-0.2, -0.15) is 11.8 Å². The lowest BCUT2D eigenvalue weighted by atomic mass is 9.89. The molecule has 18 heavy (non-hydrogen) atoms. The molecule has 3 N–H and O–H groups in total. The van der Waals surface area contributed by atoms with E-state index in [1.807, 2.05) is 30.0 Å². The van der Waals surface area contributed by atoms with Crippen LogP contribution in [-0.2, 0) is 0 Å². The van der Waals surface area contributed by atoms with Gasteiger partial charge in [0.15, 0.2) is 0 Å². The average Bonchev–Trinajstić information content (AvgIpc) is 2.42. The van der Waals surface area contributed by atoms with Crippen molar-refractivity contribution in [1.29, 1.82) is 0 Å². The molecule has 1 aromatic rings. The van der Waals surface area contributed by atoms with Crippen LogP contribution in [0.4, 0.5) is 5.69 Å². The van der Waals surface area contributed by atoms with Gasteiger partial charge in [-0.1, -0.05) is 13.0 Å². The second-order valence-corrected chi connectivity index (χ2v) is 6.28. The Morgan fingerprint density at radius 3 is 3.06 bits per heavy atom. The Morgan fingerprint density at radius 1 is 1.56 bits per heavy atom. The number of hydrogen-bond acceptors (Lipinski definition) is 4. The summed E-state index contributed by atoms with van der Waals surface area (Å²) in [6.45, 7) is 2.93. The van der Waals surface area contributed by atoms with Crippen LogP contribution in [0, 0.1) is 0 Å². The summed E-state index contributed by atoms with van der Waals surface area (Å²) in [7, 11) is 1.69. The van der Waals surface area contributed by atoms with E-state index in [1.165, 1.54) is 12.2 Å². The molecule has 0 radical (unpaired) electrons. The summed E-state index contributed by atoms with van der Waals surface area (Å²) in [5, 5.41) is 4.17. The van der Waals surface area contributed by atoms with Crippen LogP contribution in [0.25, 0.3) is 0 Å². The lowest BCUT2D eigenvalue weighted by molar-refractivity contribution is 0.411. The van der Waals surface area contributed by atoms with Crippen molar-refractivity contribution in [2.24, 2.45) is 5.73 Å². The van der Waals surface area contributed by atoms with Crippen molar-refractivity contribution in [3.05, 3.63) is 24.3 Å². The maximum absolute atomic E-state index is 6.04. The van der Waals surface area contributed by atoms with Crippen LogP contribution in [0.2, 0.25) is 0 Å². The van der Waals surface area contributed by atoms with Crippen LogP contribution in [0.1, 0.15) is 19.8 Å². The number of methoxy groups -OCH3 is 1. The van der Waals surface area contributed by atoms with Gasteiger partial charge in [0, 0.05) is 23.5 Å². The Balaban J connectivity index is 2.18. The van der Waals surface area contributed by atoms with Crippen molar-refractivity contribution in [3.63, 3.8) is 0 Å². The van der Waals surface area contributed by atoms with Gasteiger partial charge in [0.1, 0.15) is 5.75 Å². The number of benzene rings is 1. The average molecular weight is 266 g/mol. The molecule has 1 aliphatic rings. The molecule has 1 saturated heterocycles. The minimum Gasteiger partial charge on any atom is -0.497 e. The van der Waals surface area contributed by atoms with Crippen LogP contribution < -0.4 is 15.8 Å². The molecule has 0 aromatic heterocycles. The van der Waals surface area contributed by atoms with E-state index in [0.29, 0.717) is 11.8 Å². The summed E-state index contributed by atoms with van der Waals surface area (Å²) < 4.78 is 5.26. The van der Waals surface area contributed by atoms with Gasteiger partial charge >= 0.3 is 0 Å². The number of thioether (sulfide) groups is 1. The normalized spacial score (nSPS) is 27.8. The molecule has 2 atom stereocenters. The first-order valence-electron chi connectivity index (χ1n) is 6.44. The summed E-state index contributed by atoms with van der Waals surface area (Å²) in [5.74, 6) is 2.12. The summed E-state index contributed by atoms with van der Waals surface area (Å²) >= 11 is 2.01. The minimum absolute atomic E-state index is 0.00921. The lowest BCUT2D eigenvalue weighted by Crippen LogP contribution is -2.54. The molecule has 0 saturated carbocycles. The van der Waals surface area contributed by atoms with E-state index in [-0.39, 0.29) is 5.54 Å². The number of ether oxygens (including phenoxy) is 1. The van der Waals surface area contributed by atoms with Crippen molar-refractivity contribution < 1.29 is 4.74 Å². The zero-order valence-corrected chi connectivity index (χ0v) is 11.9. The van der Waals surface area contributed by atoms with E-state index in [1.54, 1.807) is 7.11 Å². The van der Waals surface area contributed by atoms with Crippen LogP contribution >= 0.6 is 11.8 Å². The highest BCUT2D eigenvalue weighted by atomic mass is 32.2. The molecule has 1 heterocycles. The first-order valence-corrected chi connectivity index (χ1v) is 7.49. The Bertz CT molecular complexity index is 399. The van der Waals surface area contributed by atoms with Crippen LogP contribution in [0.5, 0.6) is 5.75 Å². The fourth-order valence-corrected chi connectivity index (χ4v) is 3.74. The summed E-state index contributed by atoms with van der Waals surface area (Å²) in [6.07, 6.45) is 2.36. The number of rotatable bonds is 4. The Labute approximate surface area is 113 Å². The molecule has 100 valence electrons. The molecule has 0 aliphatic carbocycles. The molecule has 1 fully saturated rings. The monoisotopic (exact) mass is 266 g/mol. The molecule has 4 heteroatoms. The molecule has 0 spiro atoms. The third-order valence-corrected chi connectivity index (χ3v) is 5.22. The molecular formula is C14H22N2OS. The van der Waals surface area contributed by atoms with Gasteiger partial charge in [0.2, 0.25) is 0 Å². The maximum Gasteiger partial charge on any atom is 0.120 e. The van der Waals surface area contributed by atoms with E-state index < -0.39 is 0 Å². The van der Waals surface area contributed by atoms with Gasteiger partial charge in [-0.05, 0) is 30.7 Å². The van der Waals surface area contributed by atoms with E-state index in [2.05, 4.69) is 18.3 Å². The first-order chi connectivity index (χ1) is 8.70. The van der Waals surface area contributed by atoms with E-state index in [0.717, 1.165) is 17.9 Å². The summed E-state index contributed by atoms with van der Waals surface area (Å²) in [4.78, 5) is 0. The maximum atomic E-state index is 6.04. The Hall–Kier alpha value is -0.870. The highest BCUT2D eigenvalue weighted by Gasteiger charge is 2.37. The predicted molar refractivity (Wildman–Crippen MR) is 79.6 cm³/mol. The second-order valence-electron chi connectivity index (χ2n) is 4.83. The number of nitrogens with one attached hydrogen (secondary N) is 1. The van der Waals surface area contributed by atoms with Crippen LogP contribution in [0.15, 0.2) is 24.3 Å².